The Morgan fingerprint density at radius 1 is 1.07 bits per heavy atom. The van der Waals surface area contributed by atoms with E-state index in [9.17, 15) is 22.8 Å². The van der Waals surface area contributed by atoms with Crippen molar-refractivity contribution in [1.82, 2.24) is 5.32 Å². The maximum absolute atomic E-state index is 13.2. The molecule has 2 aromatic carbocycles. The van der Waals surface area contributed by atoms with Crippen LogP contribution in [0.2, 0.25) is 5.02 Å². The van der Waals surface area contributed by atoms with Gasteiger partial charge in [-0.2, -0.15) is 13.2 Å². The summed E-state index contributed by atoms with van der Waals surface area (Å²) < 4.78 is 39.7. The third-order valence-corrected chi connectivity index (χ3v) is 3.74. The van der Waals surface area contributed by atoms with Crippen molar-refractivity contribution >= 4 is 34.8 Å². The van der Waals surface area contributed by atoms with E-state index in [0.29, 0.717) is 5.02 Å². The van der Waals surface area contributed by atoms with Crippen molar-refractivity contribution in [2.24, 2.45) is 0 Å². The zero-order valence-electron chi connectivity index (χ0n) is 14.3. The second kappa shape index (κ2) is 8.77. The number of carbonyl (C=O) groups excluding carboxylic acids is 2. The summed E-state index contributed by atoms with van der Waals surface area (Å²) in [6.07, 6.45) is -4.64. The first-order chi connectivity index (χ1) is 12.6. The average molecular weight is 400 g/mol. The lowest BCUT2D eigenvalue weighted by Gasteiger charge is -2.16. The molecule has 0 aliphatic heterocycles. The summed E-state index contributed by atoms with van der Waals surface area (Å²) in [7, 11) is 0. The van der Waals surface area contributed by atoms with Gasteiger partial charge in [0, 0.05) is 29.9 Å². The zero-order chi connectivity index (χ0) is 20.0. The molecule has 27 heavy (non-hydrogen) atoms. The maximum Gasteiger partial charge on any atom is 0.418 e. The number of hydrogen-bond acceptors (Lipinski definition) is 3. The van der Waals surface area contributed by atoms with Crippen molar-refractivity contribution < 1.29 is 22.8 Å². The van der Waals surface area contributed by atoms with Gasteiger partial charge >= 0.3 is 6.18 Å². The molecule has 144 valence electrons. The van der Waals surface area contributed by atoms with Gasteiger partial charge in [0.1, 0.15) is 0 Å². The number of anilines is 2. The fraction of sp³-hybridized carbons (Fsp3) is 0.222. The first-order valence-electron chi connectivity index (χ1n) is 7.89. The van der Waals surface area contributed by atoms with Gasteiger partial charge in [-0.1, -0.05) is 23.7 Å². The van der Waals surface area contributed by atoms with Crippen molar-refractivity contribution in [3.05, 3.63) is 58.6 Å². The predicted octanol–water partition coefficient (Wildman–Crippen LogP) is 4.05. The molecule has 0 aromatic heterocycles. The highest BCUT2D eigenvalue weighted by Gasteiger charge is 2.34. The first-order valence-corrected chi connectivity index (χ1v) is 8.27. The molecular formula is C18H17ClF3N3O2. The summed E-state index contributed by atoms with van der Waals surface area (Å²) in [4.78, 5) is 22.9. The highest BCUT2D eigenvalue weighted by Crippen LogP contribution is 2.36. The average Bonchev–Trinajstić information content (AvgIpc) is 2.58. The minimum atomic E-state index is -4.64. The van der Waals surface area contributed by atoms with Crippen LogP contribution < -0.4 is 16.0 Å². The Morgan fingerprint density at radius 2 is 1.74 bits per heavy atom. The molecule has 0 spiro atoms. The van der Waals surface area contributed by atoms with Crippen LogP contribution in [0.5, 0.6) is 0 Å². The fourth-order valence-corrected chi connectivity index (χ4v) is 2.38. The molecule has 0 bridgehead atoms. The summed E-state index contributed by atoms with van der Waals surface area (Å²) in [5, 5.41) is 7.94. The standard InChI is InChI=1S/C18H17ClF3N3O2/c1-11(26)25-14-6-7-16(15(8-14)18(20,21)22)23-10-17(27)24-9-12-2-4-13(19)5-3-12/h2-8,23H,9-10H2,1H3,(H,24,27)(H,25,26). The van der Waals surface area contributed by atoms with Gasteiger partial charge in [0.15, 0.2) is 0 Å². The molecule has 5 nitrogen and oxygen atoms in total. The van der Waals surface area contributed by atoms with Gasteiger partial charge in [0.2, 0.25) is 11.8 Å². The van der Waals surface area contributed by atoms with Crippen LogP contribution in [0.15, 0.2) is 42.5 Å². The lowest BCUT2D eigenvalue weighted by Crippen LogP contribution is -2.30. The summed E-state index contributed by atoms with van der Waals surface area (Å²) in [5.41, 5.74) is -0.395. The Hall–Kier alpha value is -2.74. The molecule has 0 saturated heterocycles. The number of alkyl halides is 3. The summed E-state index contributed by atoms with van der Waals surface area (Å²) in [5.74, 6) is -0.950. The Morgan fingerprint density at radius 3 is 2.33 bits per heavy atom. The number of nitrogens with one attached hydrogen (secondary N) is 3. The van der Waals surface area contributed by atoms with Gasteiger partial charge in [-0.3, -0.25) is 9.59 Å². The molecule has 2 amide bonds. The van der Waals surface area contributed by atoms with Gasteiger partial charge in [-0.15, -0.1) is 0 Å². The number of amides is 2. The predicted molar refractivity (Wildman–Crippen MR) is 97.5 cm³/mol. The number of benzene rings is 2. The van der Waals surface area contributed by atoms with E-state index in [2.05, 4.69) is 16.0 Å². The second-order valence-corrected chi connectivity index (χ2v) is 6.13. The molecule has 0 radical (unpaired) electrons. The van der Waals surface area contributed by atoms with Crippen LogP contribution in [0, 0.1) is 0 Å². The van der Waals surface area contributed by atoms with E-state index in [1.165, 1.54) is 19.1 Å². The van der Waals surface area contributed by atoms with Crippen LogP contribution in [-0.4, -0.2) is 18.4 Å². The molecule has 0 atom stereocenters. The van der Waals surface area contributed by atoms with E-state index in [1.54, 1.807) is 24.3 Å². The first kappa shape index (κ1) is 20.6. The topological polar surface area (TPSA) is 70.2 Å². The molecule has 0 saturated carbocycles. The number of rotatable bonds is 6. The van der Waals surface area contributed by atoms with Crippen molar-refractivity contribution in [3.8, 4) is 0 Å². The lowest BCUT2D eigenvalue weighted by molar-refractivity contribution is -0.137. The highest BCUT2D eigenvalue weighted by atomic mass is 35.5. The Kier molecular flexibility index (Phi) is 6.68. The van der Waals surface area contributed by atoms with Crippen LogP contribution in [-0.2, 0) is 22.3 Å². The largest absolute Gasteiger partial charge is 0.418 e. The quantitative estimate of drug-likeness (QED) is 0.686. The minimum Gasteiger partial charge on any atom is -0.376 e. The van der Waals surface area contributed by atoms with E-state index < -0.39 is 23.6 Å². The van der Waals surface area contributed by atoms with Crippen molar-refractivity contribution in [2.75, 3.05) is 17.2 Å². The molecule has 0 heterocycles. The minimum absolute atomic E-state index is 0.0209. The van der Waals surface area contributed by atoms with Gasteiger partial charge in [-0.25, -0.2) is 0 Å². The maximum atomic E-state index is 13.2. The zero-order valence-corrected chi connectivity index (χ0v) is 15.0. The smallest absolute Gasteiger partial charge is 0.376 e. The SMILES string of the molecule is CC(=O)Nc1ccc(NCC(=O)NCc2ccc(Cl)cc2)c(C(F)(F)F)c1. The normalized spacial score (nSPS) is 11.0. The number of carbonyl (C=O) groups is 2. The third-order valence-electron chi connectivity index (χ3n) is 3.49. The van der Waals surface area contributed by atoms with Gasteiger partial charge in [0.05, 0.1) is 12.1 Å². The number of hydrogen-bond donors (Lipinski definition) is 3. The number of halogens is 4. The highest BCUT2D eigenvalue weighted by molar-refractivity contribution is 6.30. The van der Waals surface area contributed by atoms with Crippen LogP contribution >= 0.6 is 11.6 Å². The summed E-state index contributed by atoms with van der Waals surface area (Å²) in [6, 6.07) is 10.1. The van der Waals surface area contributed by atoms with E-state index >= 15 is 0 Å². The molecule has 0 aliphatic carbocycles. The third kappa shape index (κ3) is 6.49. The lowest BCUT2D eigenvalue weighted by atomic mass is 10.1. The second-order valence-electron chi connectivity index (χ2n) is 5.70. The molecule has 2 aromatic rings. The van der Waals surface area contributed by atoms with E-state index in [4.69, 9.17) is 11.6 Å². The van der Waals surface area contributed by atoms with Crippen molar-refractivity contribution in [1.29, 1.82) is 0 Å². The van der Waals surface area contributed by atoms with E-state index in [0.717, 1.165) is 11.6 Å². The Bertz CT molecular complexity index is 824. The molecule has 2 rings (SSSR count). The molecular weight excluding hydrogens is 383 g/mol. The van der Waals surface area contributed by atoms with Crippen LogP contribution in [0.25, 0.3) is 0 Å². The van der Waals surface area contributed by atoms with Gasteiger partial charge in [-0.05, 0) is 35.9 Å². The van der Waals surface area contributed by atoms with Crippen molar-refractivity contribution in [2.45, 2.75) is 19.6 Å². The summed E-state index contributed by atoms with van der Waals surface area (Å²) in [6.45, 7) is 1.09. The monoisotopic (exact) mass is 399 g/mol. The van der Waals surface area contributed by atoms with Gasteiger partial charge in [0.25, 0.3) is 0 Å². The van der Waals surface area contributed by atoms with Gasteiger partial charge < -0.3 is 16.0 Å². The van der Waals surface area contributed by atoms with Crippen LogP contribution in [0.4, 0.5) is 24.5 Å². The molecule has 9 heteroatoms. The van der Waals surface area contributed by atoms with E-state index in [-0.39, 0.29) is 24.5 Å². The molecule has 0 fully saturated rings. The van der Waals surface area contributed by atoms with Crippen LogP contribution in [0.3, 0.4) is 0 Å². The van der Waals surface area contributed by atoms with Crippen LogP contribution in [0.1, 0.15) is 18.1 Å². The molecule has 0 aliphatic rings. The Balaban J connectivity index is 2.00. The molecule has 0 unspecified atom stereocenters. The Labute approximate surface area is 158 Å². The van der Waals surface area contributed by atoms with E-state index in [1.807, 2.05) is 0 Å². The molecule has 3 N–H and O–H groups in total. The fourth-order valence-electron chi connectivity index (χ4n) is 2.25. The summed E-state index contributed by atoms with van der Waals surface area (Å²) >= 11 is 5.77. The van der Waals surface area contributed by atoms with Crippen molar-refractivity contribution in [3.63, 3.8) is 0 Å².